The normalized spacial score (nSPS) is 14.9. The summed E-state index contributed by atoms with van der Waals surface area (Å²) in [6.07, 6.45) is -0.871. The number of benzene rings is 1. The second kappa shape index (κ2) is 5.95. The Morgan fingerprint density at radius 2 is 1.61 bits per heavy atom. The van der Waals surface area contributed by atoms with Crippen LogP contribution in [0.25, 0.3) is 0 Å². The van der Waals surface area contributed by atoms with E-state index < -0.39 is 14.2 Å². The molecule has 6 heteroatoms. The maximum atomic E-state index is 12.0. The molecule has 0 aliphatic rings. The van der Waals surface area contributed by atoms with Gasteiger partial charge in [0.1, 0.15) is 6.10 Å². The molecular weight excluding hydrogens is 337 g/mol. The van der Waals surface area contributed by atoms with Crippen molar-refractivity contribution in [1.82, 2.24) is 0 Å². The van der Waals surface area contributed by atoms with Crippen LogP contribution in [0.3, 0.4) is 0 Å². The van der Waals surface area contributed by atoms with Crippen LogP contribution in [0.4, 0.5) is 0 Å². The van der Waals surface area contributed by atoms with Gasteiger partial charge in [0.15, 0.2) is 4.33 Å². The Hall–Kier alpha value is 0.630. The lowest BCUT2D eigenvalue weighted by Gasteiger charge is -2.28. The zero-order valence-electron chi connectivity index (χ0n) is 9.76. The molecule has 18 heavy (non-hydrogen) atoms. The molecule has 0 aliphatic carbocycles. The summed E-state index contributed by atoms with van der Waals surface area (Å²) in [5, 5.41) is 12.0. The van der Waals surface area contributed by atoms with E-state index in [4.69, 9.17) is 58.0 Å². The molecule has 0 N–H and O–H groups in total. The van der Waals surface area contributed by atoms with E-state index >= 15 is 0 Å². The van der Waals surface area contributed by atoms with Crippen LogP contribution < -0.4 is 0 Å². The van der Waals surface area contributed by atoms with Gasteiger partial charge in [0, 0.05) is 0 Å². The van der Waals surface area contributed by atoms with Gasteiger partial charge in [0.05, 0.1) is 0 Å². The Labute approximate surface area is 132 Å². The van der Waals surface area contributed by atoms with Crippen molar-refractivity contribution in [3.63, 3.8) is 0 Å². The lowest BCUT2D eigenvalue weighted by Crippen LogP contribution is -2.28. The van der Waals surface area contributed by atoms with E-state index in [1.807, 2.05) is 13.8 Å². The fraction of sp³-hybridized carbons (Fsp3) is 0.500. The Morgan fingerprint density at radius 1 is 1.06 bits per heavy atom. The first-order valence-corrected chi connectivity index (χ1v) is 7.17. The Bertz CT molecular complexity index is 411. The molecule has 1 rings (SSSR count). The topological polar surface area (TPSA) is 19.9 Å². The molecule has 0 saturated carbocycles. The van der Waals surface area contributed by atoms with Gasteiger partial charge >= 0.3 is 0 Å². The van der Waals surface area contributed by atoms with Crippen molar-refractivity contribution < 1.29 is 5.11 Å². The third-order valence-corrected chi connectivity index (χ3v) is 4.97. The van der Waals surface area contributed by atoms with Crippen molar-refractivity contribution in [2.75, 3.05) is 0 Å². The standard InChI is InChI=1S/C12H12Cl5O/c1-7(2)10(18)8-4-3-5-9(6-8)11(13,14)12(15,16)17/h3-7,10H,1-2H3. The highest BCUT2D eigenvalue weighted by Crippen LogP contribution is 2.53. The second-order valence-corrected chi connectivity index (χ2v) is 7.97. The van der Waals surface area contributed by atoms with Gasteiger partial charge < -0.3 is 0 Å². The third-order valence-electron chi connectivity index (χ3n) is 2.54. The van der Waals surface area contributed by atoms with Gasteiger partial charge in [-0.05, 0) is 23.1 Å². The summed E-state index contributed by atoms with van der Waals surface area (Å²) in [4.78, 5) is 0. The Morgan fingerprint density at radius 3 is 2.06 bits per heavy atom. The van der Waals surface area contributed by atoms with Crippen LogP contribution >= 0.6 is 58.0 Å². The molecule has 0 amide bonds. The van der Waals surface area contributed by atoms with E-state index in [2.05, 4.69) is 0 Å². The van der Waals surface area contributed by atoms with Crippen LogP contribution in [-0.4, -0.2) is 3.79 Å². The van der Waals surface area contributed by atoms with E-state index in [1.165, 1.54) is 0 Å². The van der Waals surface area contributed by atoms with Crippen molar-refractivity contribution in [3.8, 4) is 0 Å². The van der Waals surface area contributed by atoms with E-state index in [0.717, 1.165) is 0 Å². The lowest BCUT2D eigenvalue weighted by atomic mass is 9.97. The summed E-state index contributed by atoms with van der Waals surface area (Å²) in [5.41, 5.74) is 0.965. The molecule has 1 aromatic rings. The maximum Gasteiger partial charge on any atom is 0.227 e. The fourth-order valence-electron chi connectivity index (χ4n) is 1.46. The van der Waals surface area contributed by atoms with Gasteiger partial charge in [0.2, 0.25) is 3.79 Å². The zero-order chi connectivity index (χ0) is 14.1. The zero-order valence-corrected chi connectivity index (χ0v) is 13.5. The molecule has 1 nitrogen and oxygen atoms in total. The lowest BCUT2D eigenvalue weighted by molar-refractivity contribution is 0.0487. The summed E-state index contributed by atoms with van der Waals surface area (Å²) < 4.78 is -3.59. The van der Waals surface area contributed by atoms with Crippen LogP contribution in [0.5, 0.6) is 0 Å². The van der Waals surface area contributed by atoms with Gasteiger partial charge in [-0.2, -0.15) is 0 Å². The number of hydrogen-bond acceptors (Lipinski definition) is 0. The van der Waals surface area contributed by atoms with Crippen LogP contribution in [0, 0.1) is 5.92 Å². The average Bonchev–Trinajstić information content (AvgIpc) is 2.26. The average molecular weight is 349 g/mol. The molecule has 0 spiro atoms. The number of hydrogen-bond donors (Lipinski definition) is 0. The van der Waals surface area contributed by atoms with Crippen LogP contribution in [0.15, 0.2) is 24.3 Å². The molecule has 1 unspecified atom stereocenters. The largest absolute Gasteiger partial charge is 0.228 e. The minimum atomic E-state index is -1.88. The summed E-state index contributed by atoms with van der Waals surface area (Å²) in [6, 6.07) is 6.59. The molecule has 0 heterocycles. The Kier molecular flexibility index (Phi) is 5.51. The highest BCUT2D eigenvalue weighted by Gasteiger charge is 2.47. The summed E-state index contributed by atoms with van der Waals surface area (Å²) in [5.74, 6) is -0.0481. The van der Waals surface area contributed by atoms with E-state index in [9.17, 15) is 5.11 Å². The van der Waals surface area contributed by atoms with Gasteiger partial charge in [-0.3, -0.25) is 0 Å². The molecule has 0 saturated heterocycles. The van der Waals surface area contributed by atoms with Crippen LogP contribution in [0.2, 0.25) is 0 Å². The number of alkyl halides is 5. The van der Waals surface area contributed by atoms with Crippen molar-refractivity contribution in [2.45, 2.75) is 28.1 Å². The van der Waals surface area contributed by atoms with Gasteiger partial charge in [0.25, 0.3) is 0 Å². The highest BCUT2D eigenvalue weighted by atomic mass is 35.6. The van der Waals surface area contributed by atoms with Crippen molar-refractivity contribution >= 4 is 58.0 Å². The second-order valence-electron chi connectivity index (χ2n) is 4.36. The summed E-state index contributed by atoms with van der Waals surface area (Å²) in [6.45, 7) is 3.68. The summed E-state index contributed by atoms with van der Waals surface area (Å²) >= 11 is 29.4. The van der Waals surface area contributed by atoms with Gasteiger partial charge in [-0.15, -0.1) is 0 Å². The van der Waals surface area contributed by atoms with E-state index in [1.54, 1.807) is 24.3 Å². The molecule has 1 atom stereocenters. The quantitative estimate of drug-likeness (QED) is 0.613. The van der Waals surface area contributed by atoms with Crippen LogP contribution in [0.1, 0.15) is 31.1 Å². The third kappa shape index (κ3) is 3.59. The monoisotopic (exact) mass is 347 g/mol. The van der Waals surface area contributed by atoms with Crippen molar-refractivity contribution in [2.24, 2.45) is 5.92 Å². The first-order valence-electron chi connectivity index (χ1n) is 5.28. The first-order chi connectivity index (χ1) is 8.07. The SMILES string of the molecule is CC(C)C([O])c1cccc(C(Cl)(Cl)C(Cl)(Cl)Cl)c1. The predicted octanol–water partition coefficient (Wildman–Crippen LogP) is 5.81. The highest BCUT2D eigenvalue weighted by molar-refractivity contribution is 6.75. The number of halogens is 5. The maximum absolute atomic E-state index is 12.0. The van der Waals surface area contributed by atoms with Gasteiger partial charge in [-0.1, -0.05) is 90.1 Å². The van der Waals surface area contributed by atoms with E-state index in [0.29, 0.717) is 11.1 Å². The summed E-state index contributed by atoms with van der Waals surface area (Å²) in [7, 11) is 0. The predicted molar refractivity (Wildman–Crippen MR) is 78.4 cm³/mol. The minimum absolute atomic E-state index is 0.0481. The molecule has 1 aromatic carbocycles. The van der Waals surface area contributed by atoms with E-state index in [-0.39, 0.29) is 5.92 Å². The van der Waals surface area contributed by atoms with Crippen LogP contribution in [-0.2, 0) is 9.44 Å². The smallest absolute Gasteiger partial charge is 0.227 e. The molecule has 0 aromatic heterocycles. The fourth-order valence-corrected chi connectivity index (χ4v) is 2.02. The molecule has 101 valence electrons. The molecule has 1 radical (unpaired) electrons. The minimum Gasteiger partial charge on any atom is -0.228 e. The molecule has 0 fully saturated rings. The molecular formula is C12H12Cl5O. The molecule has 0 bridgehead atoms. The van der Waals surface area contributed by atoms with Crippen molar-refractivity contribution in [3.05, 3.63) is 35.4 Å². The van der Waals surface area contributed by atoms with Crippen molar-refractivity contribution in [1.29, 1.82) is 0 Å². The number of rotatable bonds is 3. The first kappa shape index (κ1) is 16.7. The molecule has 0 aliphatic heterocycles. The van der Waals surface area contributed by atoms with Gasteiger partial charge in [-0.25, -0.2) is 5.11 Å². The Balaban J connectivity index is 3.17.